The van der Waals surface area contributed by atoms with Gasteiger partial charge in [0.25, 0.3) is 10.0 Å². The van der Waals surface area contributed by atoms with Crippen LogP contribution in [0.15, 0.2) is 47.8 Å². The summed E-state index contributed by atoms with van der Waals surface area (Å²) in [5.74, 6) is 0. The summed E-state index contributed by atoms with van der Waals surface area (Å²) in [5, 5.41) is 9.65. The first-order valence-corrected chi connectivity index (χ1v) is 7.95. The normalized spacial score (nSPS) is 11.3. The predicted octanol–water partition coefficient (Wildman–Crippen LogP) is 2.54. The van der Waals surface area contributed by atoms with Gasteiger partial charge in [-0.1, -0.05) is 18.2 Å². The molecule has 2 N–H and O–H groups in total. The van der Waals surface area contributed by atoms with E-state index in [0.717, 1.165) is 5.56 Å². The average Bonchev–Trinajstić information content (AvgIpc) is 2.91. The molecule has 0 aliphatic carbocycles. The van der Waals surface area contributed by atoms with E-state index < -0.39 is 10.0 Å². The van der Waals surface area contributed by atoms with Gasteiger partial charge in [0.1, 0.15) is 6.07 Å². The first-order chi connectivity index (χ1) is 10.5. The Morgan fingerprint density at radius 3 is 2.77 bits per heavy atom. The summed E-state index contributed by atoms with van der Waals surface area (Å²) in [7, 11) is -3.78. The first-order valence-electron chi connectivity index (χ1n) is 6.47. The molecule has 0 unspecified atom stereocenters. The number of benzene rings is 1. The molecule has 3 rings (SSSR count). The van der Waals surface area contributed by atoms with Crippen molar-refractivity contribution in [3.05, 3.63) is 53.9 Å². The van der Waals surface area contributed by atoms with Gasteiger partial charge in [0.05, 0.1) is 16.8 Å². The van der Waals surface area contributed by atoms with Crippen molar-refractivity contribution < 1.29 is 8.42 Å². The predicted molar refractivity (Wildman–Crippen MR) is 82.8 cm³/mol. The topological polar surface area (TPSA) is 98.6 Å². The van der Waals surface area contributed by atoms with Gasteiger partial charge in [0, 0.05) is 17.8 Å². The molecule has 2 heterocycles. The Kier molecular flexibility index (Phi) is 3.31. The second-order valence-electron chi connectivity index (χ2n) is 4.82. The van der Waals surface area contributed by atoms with Crippen molar-refractivity contribution in [3.8, 4) is 6.07 Å². The lowest BCUT2D eigenvalue weighted by atomic mass is 10.2. The molecule has 2 aromatic heterocycles. The molecule has 0 spiro atoms. The second kappa shape index (κ2) is 5.16. The molecule has 0 radical (unpaired) electrons. The van der Waals surface area contributed by atoms with E-state index in [-0.39, 0.29) is 5.03 Å². The summed E-state index contributed by atoms with van der Waals surface area (Å²) in [6, 6.07) is 10.3. The minimum Gasteiger partial charge on any atom is -0.358 e. The van der Waals surface area contributed by atoms with Crippen LogP contribution in [0.25, 0.3) is 10.9 Å². The van der Waals surface area contributed by atoms with Gasteiger partial charge in [-0.3, -0.25) is 4.72 Å². The van der Waals surface area contributed by atoms with Gasteiger partial charge in [-0.15, -0.1) is 0 Å². The fourth-order valence-corrected chi connectivity index (χ4v) is 3.15. The molecule has 110 valence electrons. The van der Waals surface area contributed by atoms with Gasteiger partial charge in [0.2, 0.25) is 0 Å². The number of aryl methyl sites for hydroxylation is 1. The SMILES string of the molecule is Cc1ccc(S(=O)(=O)Nc2cccc3c(C#N)c[nH]c23)nc1. The highest BCUT2D eigenvalue weighted by Crippen LogP contribution is 2.26. The third-order valence-corrected chi connectivity index (χ3v) is 4.52. The lowest BCUT2D eigenvalue weighted by Gasteiger charge is -2.08. The number of para-hydroxylation sites is 1. The fraction of sp³-hybridized carbons (Fsp3) is 0.0667. The van der Waals surface area contributed by atoms with Gasteiger partial charge < -0.3 is 4.98 Å². The number of H-pyrrole nitrogens is 1. The Morgan fingerprint density at radius 1 is 1.27 bits per heavy atom. The zero-order chi connectivity index (χ0) is 15.7. The molecule has 6 nitrogen and oxygen atoms in total. The summed E-state index contributed by atoms with van der Waals surface area (Å²) >= 11 is 0. The summed E-state index contributed by atoms with van der Waals surface area (Å²) in [6.07, 6.45) is 3.05. The number of nitriles is 1. The van der Waals surface area contributed by atoms with Crippen LogP contribution in [0.3, 0.4) is 0 Å². The van der Waals surface area contributed by atoms with E-state index in [1.54, 1.807) is 30.5 Å². The third-order valence-electron chi connectivity index (χ3n) is 3.24. The largest absolute Gasteiger partial charge is 0.358 e. The smallest absolute Gasteiger partial charge is 0.279 e. The number of aromatic amines is 1. The van der Waals surface area contributed by atoms with Crippen molar-refractivity contribution in [1.29, 1.82) is 5.26 Å². The molecule has 0 bridgehead atoms. The maximum atomic E-state index is 12.4. The van der Waals surface area contributed by atoms with E-state index in [0.29, 0.717) is 22.2 Å². The van der Waals surface area contributed by atoms with Crippen molar-refractivity contribution in [3.63, 3.8) is 0 Å². The molecular weight excluding hydrogens is 300 g/mol. The van der Waals surface area contributed by atoms with Crippen LogP contribution in [0, 0.1) is 18.3 Å². The van der Waals surface area contributed by atoms with Crippen LogP contribution in [0.1, 0.15) is 11.1 Å². The highest BCUT2D eigenvalue weighted by Gasteiger charge is 2.17. The van der Waals surface area contributed by atoms with E-state index in [2.05, 4.69) is 20.8 Å². The number of hydrogen-bond donors (Lipinski definition) is 2. The van der Waals surface area contributed by atoms with Gasteiger partial charge >= 0.3 is 0 Å². The Labute approximate surface area is 127 Å². The van der Waals surface area contributed by atoms with Crippen molar-refractivity contribution in [2.24, 2.45) is 0 Å². The van der Waals surface area contributed by atoms with Crippen molar-refractivity contribution in [2.75, 3.05) is 4.72 Å². The molecule has 7 heteroatoms. The van der Waals surface area contributed by atoms with Gasteiger partial charge in [0.15, 0.2) is 5.03 Å². The van der Waals surface area contributed by atoms with E-state index in [9.17, 15) is 8.42 Å². The molecule has 0 aliphatic rings. The summed E-state index contributed by atoms with van der Waals surface area (Å²) in [5.41, 5.74) is 2.28. The molecule has 0 amide bonds. The molecule has 0 aliphatic heterocycles. The van der Waals surface area contributed by atoms with E-state index in [4.69, 9.17) is 5.26 Å². The number of nitrogens with one attached hydrogen (secondary N) is 2. The van der Waals surface area contributed by atoms with Crippen LogP contribution in [0.2, 0.25) is 0 Å². The number of anilines is 1. The van der Waals surface area contributed by atoms with Crippen LogP contribution >= 0.6 is 0 Å². The lowest BCUT2D eigenvalue weighted by molar-refractivity contribution is 0.597. The van der Waals surface area contributed by atoms with E-state index >= 15 is 0 Å². The summed E-state index contributed by atoms with van der Waals surface area (Å²) < 4.78 is 27.3. The number of fused-ring (bicyclic) bond motifs is 1. The molecule has 0 saturated heterocycles. The van der Waals surface area contributed by atoms with Gasteiger partial charge in [-0.25, -0.2) is 4.98 Å². The van der Waals surface area contributed by atoms with Crippen molar-refractivity contribution in [1.82, 2.24) is 9.97 Å². The minimum atomic E-state index is -3.78. The molecule has 1 aromatic carbocycles. The summed E-state index contributed by atoms with van der Waals surface area (Å²) in [6.45, 7) is 1.83. The lowest BCUT2D eigenvalue weighted by Crippen LogP contribution is -2.14. The zero-order valence-electron chi connectivity index (χ0n) is 11.7. The van der Waals surface area contributed by atoms with Crippen LogP contribution in [-0.4, -0.2) is 18.4 Å². The molecule has 3 aromatic rings. The number of nitrogens with zero attached hydrogens (tertiary/aromatic N) is 2. The third kappa shape index (κ3) is 2.40. The first kappa shape index (κ1) is 14.1. The molecular formula is C15H12N4O2S. The molecule has 0 fully saturated rings. The minimum absolute atomic E-state index is 0.0536. The number of hydrogen-bond acceptors (Lipinski definition) is 4. The number of sulfonamides is 1. The van der Waals surface area contributed by atoms with Crippen LogP contribution in [-0.2, 0) is 10.0 Å². The van der Waals surface area contributed by atoms with Crippen LogP contribution in [0.4, 0.5) is 5.69 Å². The average molecular weight is 312 g/mol. The highest BCUT2D eigenvalue weighted by molar-refractivity contribution is 7.92. The molecule has 0 atom stereocenters. The maximum Gasteiger partial charge on any atom is 0.279 e. The number of pyridine rings is 1. The summed E-state index contributed by atoms with van der Waals surface area (Å²) in [4.78, 5) is 6.86. The molecule has 0 saturated carbocycles. The second-order valence-corrected chi connectivity index (χ2v) is 6.45. The van der Waals surface area contributed by atoms with Gasteiger partial charge in [-0.05, 0) is 24.6 Å². The van der Waals surface area contributed by atoms with E-state index in [1.165, 1.54) is 12.3 Å². The van der Waals surface area contributed by atoms with Gasteiger partial charge in [-0.2, -0.15) is 13.7 Å². The Balaban J connectivity index is 2.04. The Morgan fingerprint density at radius 2 is 2.09 bits per heavy atom. The van der Waals surface area contributed by atoms with Crippen molar-refractivity contribution >= 4 is 26.6 Å². The van der Waals surface area contributed by atoms with Crippen LogP contribution in [0.5, 0.6) is 0 Å². The monoisotopic (exact) mass is 312 g/mol. The van der Waals surface area contributed by atoms with Crippen LogP contribution < -0.4 is 4.72 Å². The number of aromatic nitrogens is 2. The highest BCUT2D eigenvalue weighted by atomic mass is 32.2. The zero-order valence-corrected chi connectivity index (χ0v) is 12.5. The Bertz CT molecular complexity index is 983. The standard InChI is InChI=1S/C15H12N4O2S/c1-10-5-6-14(17-8-10)22(20,21)19-13-4-2-3-12-11(7-16)9-18-15(12)13/h2-6,8-9,18-19H,1H3. The maximum absolute atomic E-state index is 12.4. The van der Waals surface area contributed by atoms with Crippen molar-refractivity contribution in [2.45, 2.75) is 11.9 Å². The fourth-order valence-electron chi connectivity index (χ4n) is 2.14. The number of rotatable bonds is 3. The quantitative estimate of drug-likeness (QED) is 0.776. The Hall–Kier alpha value is -2.85. The van der Waals surface area contributed by atoms with E-state index in [1.807, 2.05) is 6.92 Å². The molecule has 22 heavy (non-hydrogen) atoms.